The molecule has 0 N–H and O–H groups in total. The molecular weight excluding hydrogens is 386 g/mol. The van der Waals surface area contributed by atoms with Crippen LogP contribution in [0.3, 0.4) is 0 Å². The highest BCUT2D eigenvalue weighted by molar-refractivity contribution is 5.83. The standard InChI is InChI=1S/C26H37N3O2/c30-25(26-16-19-13-20(17-26)15-21(14-19)18-26)29-9-3-22(4-10-29)28-11-5-24(6-12-28)31-23-1-7-27-8-2-23/h1-2,7-8,19-22,24H,3-6,9-18H2. The maximum Gasteiger partial charge on any atom is 0.228 e. The van der Waals surface area contributed by atoms with E-state index in [1.807, 2.05) is 12.1 Å². The summed E-state index contributed by atoms with van der Waals surface area (Å²) in [5.74, 6) is 4.02. The number of rotatable bonds is 4. The number of pyridine rings is 1. The summed E-state index contributed by atoms with van der Waals surface area (Å²) in [7, 11) is 0. The third kappa shape index (κ3) is 3.88. The molecule has 4 aliphatic carbocycles. The first-order chi connectivity index (χ1) is 15.2. The number of amides is 1. The van der Waals surface area contributed by atoms with Gasteiger partial charge >= 0.3 is 0 Å². The molecule has 2 aliphatic heterocycles. The quantitative estimate of drug-likeness (QED) is 0.730. The summed E-state index contributed by atoms with van der Waals surface area (Å²) in [5.41, 5.74) is 0.0320. The molecule has 0 radical (unpaired) electrons. The van der Waals surface area contributed by atoms with Gasteiger partial charge in [0.15, 0.2) is 0 Å². The molecule has 1 aromatic rings. The Kier molecular flexibility index (Phi) is 5.20. The van der Waals surface area contributed by atoms with Crippen molar-refractivity contribution in [3.8, 4) is 5.75 Å². The fourth-order valence-electron chi connectivity index (χ4n) is 8.11. The van der Waals surface area contributed by atoms with E-state index in [1.54, 1.807) is 12.4 Å². The van der Waals surface area contributed by atoms with Gasteiger partial charge in [-0.2, -0.15) is 0 Å². The van der Waals surface area contributed by atoms with Gasteiger partial charge in [-0.05, 0) is 94.1 Å². The summed E-state index contributed by atoms with van der Waals surface area (Å²) in [5, 5.41) is 0. The van der Waals surface area contributed by atoms with E-state index in [1.165, 1.54) is 38.5 Å². The van der Waals surface area contributed by atoms with Crippen LogP contribution < -0.4 is 4.74 Å². The van der Waals surface area contributed by atoms with Crippen LogP contribution in [0.1, 0.15) is 64.2 Å². The van der Waals surface area contributed by atoms with Gasteiger partial charge in [0, 0.05) is 44.6 Å². The van der Waals surface area contributed by atoms with E-state index >= 15 is 0 Å². The maximum absolute atomic E-state index is 13.6. The van der Waals surface area contributed by atoms with Crippen LogP contribution in [0.15, 0.2) is 24.5 Å². The summed E-state index contributed by atoms with van der Waals surface area (Å²) in [6.45, 7) is 4.17. The molecule has 1 amide bonds. The largest absolute Gasteiger partial charge is 0.490 e. The number of carbonyl (C=O) groups is 1. The first kappa shape index (κ1) is 20.0. The minimum Gasteiger partial charge on any atom is -0.490 e. The van der Waals surface area contributed by atoms with Crippen molar-refractivity contribution in [2.45, 2.75) is 76.4 Å². The summed E-state index contributed by atoms with van der Waals surface area (Å²) >= 11 is 0. The molecular formula is C26H37N3O2. The zero-order chi connectivity index (χ0) is 20.8. The molecule has 1 aromatic heterocycles. The van der Waals surface area contributed by atoms with Crippen molar-refractivity contribution in [1.82, 2.24) is 14.8 Å². The van der Waals surface area contributed by atoms with Crippen molar-refractivity contribution >= 4 is 5.91 Å². The number of ether oxygens (including phenoxy) is 1. The highest BCUT2D eigenvalue weighted by atomic mass is 16.5. The smallest absolute Gasteiger partial charge is 0.228 e. The predicted molar refractivity (Wildman–Crippen MR) is 120 cm³/mol. The number of hydrogen-bond acceptors (Lipinski definition) is 4. The Bertz CT molecular complexity index is 746. The molecule has 6 aliphatic rings. The number of hydrogen-bond donors (Lipinski definition) is 0. The molecule has 4 bridgehead atoms. The van der Waals surface area contributed by atoms with E-state index in [9.17, 15) is 4.79 Å². The lowest BCUT2D eigenvalue weighted by atomic mass is 9.49. The fourth-order valence-corrected chi connectivity index (χ4v) is 8.11. The van der Waals surface area contributed by atoms with Crippen LogP contribution in [0.2, 0.25) is 0 Å². The molecule has 168 valence electrons. The van der Waals surface area contributed by atoms with Crippen LogP contribution in [0, 0.1) is 23.2 Å². The lowest BCUT2D eigenvalue weighted by Gasteiger charge is -2.57. The second kappa shape index (κ2) is 8.06. The molecule has 3 heterocycles. The van der Waals surface area contributed by atoms with E-state index in [0.29, 0.717) is 18.1 Å². The molecule has 31 heavy (non-hydrogen) atoms. The number of carbonyl (C=O) groups excluding carboxylic acids is 1. The van der Waals surface area contributed by atoms with Crippen LogP contribution in [0.5, 0.6) is 5.75 Å². The first-order valence-electron chi connectivity index (χ1n) is 12.8. The Morgan fingerprint density at radius 1 is 0.871 bits per heavy atom. The van der Waals surface area contributed by atoms with Gasteiger partial charge in [0.1, 0.15) is 11.9 Å². The Balaban J connectivity index is 0.999. The number of likely N-dealkylation sites (tertiary alicyclic amines) is 2. The second-order valence-electron chi connectivity index (χ2n) is 11.3. The Morgan fingerprint density at radius 3 is 2.03 bits per heavy atom. The SMILES string of the molecule is O=C(N1CCC(N2CCC(Oc3ccncc3)CC2)CC1)C12CC3CC(CC(C3)C1)C2. The van der Waals surface area contributed by atoms with E-state index in [4.69, 9.17) is 4.74 Å². The molecule has 5 heteroatoms. The third-order valence-electron chi connectivity index (χ3n) is 9.19. The van der Waals surface area contributed by atoms with Crippen molar-refractivity contribution in [3.63, 3.8) is 0 Å². The maximum atomic E-state index is 13.6. The van der Waals surface area contributed by atoms with Gasteiger partial charge in [0.2, 0.25) is 5.91 Å². The normalized spacial score (nSPS) is 36.6. The second-order valence-corrected chi connectivity index (χ2v) is 11.3. The number of aromatic nitrogens is 1. The zero-order valence-electron chi connectivity index (χ0n) is 18.8. The van der Waals surface area contributed by atoms with Crippen molar-refractivity contribution in [2.24, 2.45) is 23.2 Å². The summed E-state index contributed by atoms with van der Waals surface area (Å²) < 4.78 is 6.14. The Morgan fingerprint density at radius 2 is 1.45 bits per heavy atom. The van der Waals surface area contributed by atoms with E-state index in [2.05, 4.69) is 14.8 Å². The van der Waals surface area contributed by atoms with Crippen molar-refractivity contribution in [2.75, 3.05) is 26.2 Å². The van der Waals surface area contributed by atoms with Crippen LogP contribution in [0.25, 0.3) is 0 Å². The Labute approximate surface area is 186 Å². The van der Waals surface area contributed by atoms with Crippen LogP contribution in [-0.2, 0) is 4.79 Å². The summed E-state index contributed by atoms with van der Waals surface area (Å²) in [6.07, 6.45) is 16.2. The van der Waals surface area contributed by atoms with Gasteiger partial charge < -0.3 is 9.64 Å². The van der Waals surface area contributed by atoms with E-state index in [0.717, 1.165) is 75.4 Å². The molecule has 2 saturated heterocycles. The minimum absolute atomic E-state index is 0.0320. The van der Waals surface area contributed by atoms with Crippen LogP contribution >= 0.6 is 0 Å². The van der Waals surface area contributed by atoms with Crippen molar-refractivity contribution < 1.29 is 9.53 Å². The van der Waals surface area contributed by atoms with Gasteiger partial charge in [-0.1, -0.05) is 0 Å². The molecule has 0 aromatic carbocycles. The van der Waals surface area contributed by atoms with Gasteiger partial charge in [-0.25, -0.2) is 0 Å². The van der Waals surface area contributed by atoms with E-state index in [-0.39, 0.29) is 5.41 Å². The number of piperidine rings is 2. The lowest BCUT2D eigenvalue weighted by Crippen LogP contribution is -2.57. The highest BCUT2D eigenvalue weighted by Gasteiger charge is 2.55. The zero-order valence-corrected chi connectivity index (χ0v) is 18.8. The fraction of sp³-hybridized carbons (Fsp3) is 0.769. The molecule has 0 atom stereocenters. The molecule has 5 nitrogen and oxygen atoms in total. The monoisotopic (exact) mass is 423 g/mol. The highest BCUT2D eigenvalue weighted by Crippen LogP contribution is 2.60. The third-order valence-corrected chi connectivity index (χ3v) is 9.19. The van der Waals surface area contributed by atoms with Gasteiger partial charge in [-0.15, -0.1) is 0 Å². The molecule has 6 fully saturated rings. The molecule has 0 unspecified atom stereocenters. The van der Waals surface area contributed by atoms with Gasteiger partial charge in [-0.3, -0.25) is 14.7 Å². The van der Waals surface area contributed by atoms with E-state index < -0.39 is 0 Å². The summed E-state index contributed by atoms with van der Waals surface area (Å²) in [4.78, 5) is 22.6. The molecule has 4 saturated carbocycles. The van der Waals surface area contributed by atoms with Gasteiger partial charge in [0.25, 0.3) is 0 Å². The average molecular weight is 424 g/mol. The number of nitrogens with zero attached hydrogens (tertiary/aromatic N) is 3. The predicted octanol–water partition coefficient (Wildman–Crippen LogP) is 4.13. The topological polar surface area (TPSA) is 45.7 Å². The average Bonchev–Trinajstić information content (AvgIpc) is 2.79. The van der Waals surface area contributed by atoms with Crippen molar-refractivity contribution in [1.29, 1.82) is 0 Å². The lowest BCUT2D eigenvalue weighted by molar-refractivity contribution is -0.159. The van der Waals surface area contributed by atoms with Crippen LogP contribution in [-0.4, -0.2) is 59.0 Å². The molecule has 7 rings (SSSR count). The first-order valence-corrected chi connectivity index (χ1v) is 12.8. The van der Waals surface area contributed by atoms with Crippen LogP contribution in [0.4, 0.5) is 0 Å². The van der Waals surface area contributed by atoms with Crippen molar-refractivity contribution in [3.05, 3.63) is 24.5 Å². The Hall–Kier alpha value is -1.62. The van der Waals surface area contributed by atoms with Gasteiger partial charge in [0.05, 0.1) is 5.41 Å². The minimum atomic E-state index is 0.0320. The summed E-state index contributed by atoms with van der Waals surface area (Å²) in [6, 6.07) is 4.54. The molecule has 0 spiro atoms.